The van der Waals surface area contributed by atoms with Gasteiger partial charge >= 0.3 is 0 Å². The zero-order chi connectivity index (χ0) is 33.4. The number of pyridine rings is 1. The van der Waals surface area contributed by atoms with Gasteiger partial charge in [0.1, 0.15) is 22.8 Å². The normalized spacial score (nSPS) is 18.9. The summed E-state index contributed by atoms with van der Waals surface area (Å²) in [5.74, 6) is 1.10. The molecule has 1 fully saturated rings. The second kappa shape index (κ2) is 10.00. The Hall–Kier alpha value is -3.60. The van der Waals surface area contributed by atoms with Crippen molar-refractivity contribution in [2.75, 3.05) is 0 Å². The summed E-state index contributed by atoms with van der Waals surface area (Å²) in [4.78, 5) is 19.2. The lowest BCUT2D eigenvalue weighted by atomic mass is 9.71. The minimum Gasteiger partial charge on any atom is -0.455 e. The van der Waals surface area contributed by atoms with Gasteiger partial charge < -0.3 is 4.42 Å². The average molecular weight is 565 g/mol. The van der Waals surface area contributed by atoms with Crippen LogP contribution in [-0.2, 0) is 10.8 Å². The van der Waals surface area contributed by atoms with Crippen molar-refractivity contribution in [1.29, 1.82) is 0 Å². The standard InChI is InChI=1S/C37H44N4O/c1-22-21-38-29(20-28(22)23-15-17-37(8,9)18-16-23)27-12-10-11-26-25-14-13-24(19-30(25)42-31(26)27)32-39-33(35(2,3)4)41-34(40-32)36(5,6)7/h10-14,19-21,23H,15-18H2,1-9H3/i1D3,23D. The van der Waals surface area contributed by atoms with Crippen molar-refractivity contribution < 1.29 is 9.90 Å². The minimum absolute atomic E-state index is 0.142. The summed E-state index contributed by atoms with van der Waals surface area (Å²) in [5.41, 5.74) is 3.92. The predicted molar refractivity (Wildman–Crippen MR) is 173 cm³/mol. The molecular weight excluding hydrogens is 516 g/mol. The number of nitrogens with zero attached hydrogens (tertiary/aromatic N) is 4. The van der Waals surface area contributed by atoms with Crippen LogP contribution in [0.4, 0.5) is 0 Å². The van der Waals surface area contributed by atoms with E-state index in [4.69, 9.17) is 23.5 Å². The van der Waals surface area contributed by atoms with E-state index < -0.39 is 12.7 Å². The van der Waals surface area contributed by atoms with Crippen molar-refractivity contribution in [2.24, 2.45) is 5.41 Å². The number of aryl methyl sites for hydroxylation is 1. The molecule has 0 radical (unpaired) electrons. The van der Waals surface area contributed by atoms with Gasteiger partial charge in [-0.1, -0.05) is 73.6 Å². The van der Waals surface area contributed by atoms with E-state index in [1.54, 1.807) is 0 Å². The molecule has 0 bridgehead atoms. The van der Waals surface area contributed by atoms with E-state index in [2.05, 4.69) is 60.4 Å². The molecule has 1 saturated carbocycles. The van der Waals surface area contributed by atoms with Crippen molar-refractivity contribution in [1.82, 2.24) is 19.9 Å². The Morgan fingerprint density at radius 3 is 2.21 bits per heavy atom. The fourth-order valence-electron chi connectivity index (χ4n) is 5.71. The van der Waals surface area contributed by atoms with Gasteiger partial charge in [-0.3, -0.25) is 4.98 Å². The van der Waals surface area contributed by atoms with Gasteiger partial charge in [-0.2, -0.15) is 0 Å². The van der Waals surface area contributed by atoms with E-state index in [-0.39, 0.29) is 21.8 Å². The van der Waals surface area contributed by atoms with E-state index in [0.29, 0.717) is 41.1 Å². The average Bonchev–Trinajstić information content (AvgIpc) is 3.35. The maximum atomic E-state index is 9.46. The van der Waals surface area contributed by atoms with Crippen LogP contribution in [0.15, 0.2) is 53.1 Å². The molecule has 0 spiro atoms. The number of furan rings is 1. The largest absolute Gasteiger partial charge is 0.455 e. The summed E-state index contributed by atoms with van der Waals surface area (Å²) in [6.07, 6.45) is 4.40. The highest BCUT2D eigenvalue weighted by atomic mass is 16.3. The molecule has 1 aliphatic carbocycles. The molecule has 0 saturated heterocycles. The predicted octanol–water partition coefficient (Wildman–Crippen LogP) is 10.1. The van der Waals surface area contributed by atoms with Crippen LogP contribution in [0.5, 0.6) is 0 Å². The van der Waals surface area contributed by atoms with Gasteiger partial charge in [-0.15, -0.1) is 0 Å². The first-order valence-corrected chi connectivity index (χ1v) is 15.0. The lowest BCUT2D eigenvalue weighted by Crippen LogP contribution is -2.24. The van der Waals surface area contributed by atoms with Gasteiger partial charge in [0, 0.05) is 44.4 Å². The third-order valence-corrected chi connectivity index (χ3v) is 8.50. The molecule has 0 atom stereocenters. The van der Waals surface area contributed by atoms with Crippen LogP contribution < -0.4 is 0 Å². The van der Waals surface area contributed by atoms with Crippen LogP contribution in [-0.4, -0.2) is 19.9 Å². The number of benzene rings is 2. The molecule has 3 aromatic heterocycles. The van der Waals surface area contributed by atoms with E-state index >= 15 is 0 Å². The Labute approximate surface area is 255 Å². The molecule has 1 aliphatic rings. The Morgan fingerprint density at radius 1 is 0.881 bits per heavy atom. The zero-order valence-electron chi connectivity index (χ0n) is 30.1. The van der Waals surface area contributed by atoms with Crippen LogP contribution in [0.3, 0.4) is 0 Å². The highest BCUT2D eigenvalue weighted by molar-refractivity contribution is 6.10. The molecule has 5 aromatic rings. The van der Waals surface area contributed by atoms with Crippen molar-refractivity contribution in [2.45, 2.75) is 105 Å². The maximum absolute atomic E-state index is 9.46. The van der Waals surface area contributed by atoms with Crippen LogP contribution in [0.1, 0.15) is 115 Å². The summed E-state index contributed by atoms with van der Waals surface area (Å²) in [5, 5.41) is 1.89. The molecule has 5 heteroatoms. The van der Waals surface area contributed by atoms with Crippen molar-refractivity contribution in [3.8, 4) is 22.6 Å². The van der Waals surface area contributed by atoms with Gasteiger partial charge in [0.15, 0.2) is 5.82 Å². The molecule has 2 aromatic carbocycles. The highest BCUT2D eigenvalue weighted by Crippen LogP contribution is 2.44. The first-order chi connectivity index (χ1) is 21.3. The Kier molecular flexibility index (Phi) is 5.69. The van der Waals surface area contributed by atoms with E-state index in [1.165, 1.54) is 6.20 Å². The fourth-order valence-corrected chi connectivity index (χ4v) is 5.71. The molecule has 42 heavy (non-hydrogen) atoms. The number of para-hydroxylation sites is 1. The Bertz CT molecular complexity index is 1920. The molecular formula is C37H44N4O. The third-order valence-electron chi connectivity index (χ3n) is 8.50. The van der Waals surface area contributed by atoms with Gasteiger partial charge in [0.2, 0.25) is 0 Å². The highest BCUT2D eigenvalue weighted by Gasteiger charge is 2.29. The number of rotatable bonds is 3. The molecule has 0 N–H and O–H groups in total. The summed E-state index contributed by atoms with van der Waals surface area (Å²) >= 11 is 0. The quantitative estimate of drug-likeness (QED) is 0.218. The zero-order valence-corrected chi connectivity index (χ0v) is 26.1. The fraction of sp³-hybridized carbons (Fsp3) is 0.459. The summed E-state index contributed by atoms with van der Waals surface area (Å²) in [6, 6.07) is 13.8. The smallest absolute Gasteiger partial charge is 0.163 e. The number of hydrogen-bond donors (Lipinski definition) is 0. The van der Waals surface area contributed by atoms with E-state index in [1.807, 2.05) is 42.5 Å². The topological polar surface area (TPSA) is 64.7 Å². The first kappa shape index (κ1) is 23.9. The molecule has 0 amide bonds. The molecule has 5 nitrogen and oxygen atoms in total. The lowest BCUT2D eigenvalue weighted by molar-refractivity contribution is 0.224. The number of fused-ring (bicyclic) bond motifs is 3. The Balaban J connectivity index is 1.49. The van der Waals surface area contributed by atoms with Gasteiger partial charge in [0.25, 0.3) is 0 Å². The van der Waals surface area contributed by atoms with Crippen molar-refractivity contribution in [3.63, 3.8) is 0 Å². The van der Waals surface area contributed by atoms with Gasteiger partial charge in [-0.25, -0.2) is 15.0 Å². The first-order valence-electron chi connectivity index (χ1n) is 17.0. The third kappa shape index (κ3) is 5.34. The minimum atomic E-state index is -2.36. The molecule has 218 valence electrons. The lowest BCUT2D eigenvalue weighted by Gasteiger charge is -2.35. The number of aromatic nitrogens is 4. The van der Waals surface area contributed by atoms with Crippen LogP contribution in [0.2, 0.25) is 0 Å². The van der Waals surface area contributed by atoms with Crippen LogP contribution in [0.25, 0.3) is 44.6 Å². The Morgan fingerprint density at radius 2 is 1.57 bits per heavy atom. The summed E-state index contributed by atoms with van der Waals surface area (Å²) in [6.45, 7) is 14.7. The molecule has 3 heterocycles. The van der Waals surface area contributed by atoms with E-state index in [9.17, 15) is 1.37 Å². The second-order valence-electron chi connectivity index (χ2n) is 14.7. The molecule has 6 rings (SSSR count). The SMILES string of the molecule is [2H]C([2H])([2H])c1cnc(-c2cccc3c2oc2cc(-c4nc(C(C)(C)C)nc(C(C)(C)C)n4)ccc23)cc1C1([2H])CCC(C)(C)CC1. The maximum Gasteiger partial charge on any atom is 0.163 e. The molecule has 0 unspecified atom stereocenters. The summed E-state index contributed by atoms with van der Waals surface area (Å²) in [7, 11) is 0. The van der Waals surface area contributed by atoms with Gasteiger partial charge in [0.05, 0.1) is 5.69 Å². The number of hydrogen-bond acceptors (Lipinski definition) is 5. The second-order valence-corrected chi connectivity index (χ2v) is 14.7. The molecule has 0 aliphatic heterocycles. The monoisotopic (exact) mass is 564 g/mol. The van der Waals surface area contributed by atoms with Crippen molar-refractivity contribution >= 4 is 21.9 Å². The van der Waals surface area contributed by atoms with Crippen LogP contribution >= 0.6 is 0 Å². The van der Waals surface area contributed by atoms with Gasteiger partial charge in [-0.05, 0) is 79.2 Å². The van der Waals surface area contributed by atoms with Crippen molar-refractivity contribution in [3.05, 3.63) is 71.4 Å². The summed E-state index contributed by atoms with van der Waals surface area (Å²) < 4.78 is 40.7. The van der Waals surface area contributed by atoms with Crippen LogP contribution in [0, 0.1) is 12.3 Å². The van der Waals surface area contributed by atoms with E-state index in [0.717, 1.165) is 46.4 Å².